The van der Waals surface area contributed by atoms with Crippen molar-refractivity contribution in [2.24, 2.45) is 0 Å². The lowest BCUT2D eigenvalue weighted by molar-refractivity contribution is -0.0794. The number of hydrogen-bond donors (Lipinski definition) is 2. The summed E-state index contributed by atoms with van der Waals surface area (Å²) in [6, 6.07) is 0. The molecule has 5 atom stereocenters. The first kappa shape index (κ1) is 22.0. The zero-order valence-electron chi connectivity index (χ0n) is 15.6. The van der Waals surface area contributed by atoms with Crippen molar-refractivity contribution in [2.45, 2.75) is 44.8 Å². The Hall–Kier alpha value is -1.33. The Bertz CT molecular complexity index is 792. The molecule has 1 aliphatic heterocycles. The predicted molar refractivity (Wildman–Crippen MR) is 93.6 cm³/mol. The molecule has 1 aliphatic rings. The van der Waals surface area contributed by atoms with Gasteiger partial charge in [0, 0.05) is 26.0 Å². The molecule has 1 aromatic rings. The van der Waals surface area contributed by atoms with Gasteiger partial charge in [-0.05, 0) is 13.3 Å². The first-order valence-electron chi connectivity index (χ1n) is 8.39. The summed E-state index contributed by atoms with van der Waals surface area (Å²) >= 11 is 0. The van der Waals surface area contributed by atoms with Gasteiger partial charge in [0.15, 0.2) is 6.23 Å². The molecule has 12 heteroatoms. The Morgan fingerprint density at radius 2 is 2.00 bits per heavy atom. The number of hydrogen-bond acceptors (Lipinski definition) is 8. The van der Waals surface area contributed by atoms with E-state index in [-0.39, 0.29) is 13.2 Å². The molecule has 0 aliphatic carbocycles. The molecular weight excluding hydrogens is 383 g/mol. The first-order chi connectivity index (χ1) is 12.7. The number of aromatic nitrogens is 2. The molecule has 1 fully saturated rings. The minimum atomic E-state index is -4.33. The van der Waals surface area contributed by atoms with Gasteiger partial charge in [-0.3, -0.25) is 23.4 Å². The Labute approximate surface area is 155 Å². The van der Waals surface area contributed by atoms with Crippen molar-refractivity contribution in [3.8, 4) is 0 Å². The van der Waals surface area contributed by atoms with E-state index in [4.69, 9.17) is 18.7 Å². The van der Waals surface area contributed by atoms with Crippen LogP contribution >= 0.6 is 7.82 Å². The third-order valence-corrected chi connectivity index (χ3v) is 5.16. The van der Waals surface area contributed by atoms with Gasteiger partial charge < -0.3 is 19.1 Å². The third-order valence-electron chi connectivity index (χ3n) is 4.19. The Balaban J connectivity index is 2.42. The van der Waals surface area contributed by atoms with Crippen LogP contribution in [0.25, 0.3) is 0 Å². The largest absolute Gasteiger partial charge is 0.472 e. The van der Waals surface area contributed by atoms with E-state index in [2.05, 4.69) is 9.51 Å². The third kappa shape index (κ3) is 5.14. The molecule has 2 heterocycles. The van der Waals surface area contributed by atoms with Crippen molar-refractivity contribution >= 4 is 7.82 Å². The van der Waals surface area contributed by atoms with Gasteiger partial charge in [-0.2, -0.15) is 0 Å². The molecule has 0 spiro atoms. The zero-order valence-corrected chi connectivity index (χ0v) is 16.5. The van der Waals surface area contributed by atoms with Crippen molar-refractivity contribution < 1.29 is 32.7 Å². The van der Waals surface area contributed by atoms with Crippen LogP contribution in [0.5, 0.6) is 0 Å². The summed E-state index contributed by atoms with van der Waals surface area (Å²) in [7, 11) is -1.79. The highest BCUT2D eigenvalue weighted by Gasteiger charge is 2.49. The Morgan fingerprint density at radius 1 is 1.30 bits per heavy atom. The fourth-order valence-corrected chi connectivity index (χ4v) is 3.45. The van der Waals surface area contributed by atoms with Gasteiger partial charge in [0.1, 0.15) is 12.2 Å². The van der Waals surface area contributed by atoms with Gasteiger partial charge in [0.2, 0.25) is 0 Å². The summed E-state index contributed by atoms with van der Waals surface area (Å²) in [4.78, 5) is 35.9. The summed E-state index contributed by atoms with van der Waals surface area (Å²) in [5.41, 5.74) is -0.897. The molecule has 0 radical (unpaired) electrons. The molecule has 0 aromatic carbocycles. The lowest BCUT2D eigenvalue weighted by atomic mass is 10.1. The van der Waals surface area contributed by atoms with Crippen molar-refractivity contribution in [3.63, 3.8) is 0 Å². The van der Waals surface area contributed by atoms with Crippen LogP contribution in [0.2, 0.25) is 0 Å². The quantitative estimate of drug-likeness (QED) is 0.437. The number of nitrogens with one attached hydrogen (secondary N) is 1. The number of aryl methyl sites for hydroxylation is 1. The summed E-state index contributed by atoms with van der Waals surface area (Å²) in [6.07, 6.45) is -1.74. The lowest BCUT2D eigenvalue weighted by Gasteiger charge is -2.26. The average Bonchev–Trinajstić information content (AvgIpc) is 2.95. The van der Waals surface area contributed by atoms with Gasteiger partial charge in [-0.25, -0.2) is 9.36 Å². The van der Waals surface area contributed by atoms with E-state index in [0.717, 1.165) is 7.11 Å². The van der Waals surface area contributed by atoms with Crippen LogP contribution in [0.15, 0.2) is 15.8 Å². The second-order valence-electron chi connectivity index (χ2n) is 6.00. The van der Waals surface area contributed by atoms with Gasteiger partial charge in [-0.1, -0.05) is 6.92 Å². The standard InChI is InChI=1S/C15H25N2O9P/c1-5-10-11(26-27(20,21)23-4)12(24-7-6-22-3)14(25-10)17-8-9(2)13(18)16-15(17)19/h8,10-12,14H,5-7H2,1-4H3,(H,20,21)(H,16,18,19)/t10-,11?,12+,14-/m1/s1. The summed E-state index contributed by atoms with van der Waals surface area (Å²) in [6.45, 7) is 3.73. The van der Waals surface area contributed by atoms with E-state index in [9.17, 15) is 19.0 Å². The SMILES string of the molecule is CC[C@H]1O[C@@H](n2cc(C)c(=O)[nH]c2=O)[C@@H](OCCOC)C1OP(=O)(O)OC. The van der Waals surface area contributed by atoms with Crippen LogP contribution in [0.1, 0.15) is 25.1 Å². The smallest absolute Gasteiger partial charge is 0.382 e. The van der Waals surface area contributed by atoms with Crippen molar-refractivity contribution in [1.29, 1.82) is 0 Å². The number of aromatic amines is 1. The van der Waals surface area contributed by atoms with Gasteiger partial charge in [0.25, 0.3) is 5.56 Å². The van der Waals surface area contributed by atoms with Crippen LogP contribution < -0.4 is 11.2 Å². The van der Waals surface area contributed by atoms with Crippen LogP contribution in [-0.2, 0) is 27.8 Å². The molecule has 154 valence electrons. The maximum absolute atomic E-state index is 12.3. The number of methoxy groups -OCH3 is 1. The van der Waals surface area contributed by atoms with Crippen molar-refractivity contribution in [3.05, 3.63) is 32.6 Å². The first-order valence-corrected chi connectivity index (χ1v) is 9.88. The maximum atomic E-state index is 12.3. The number of H-pyrrole nitrogens is 1. The second-order valence-corrected chi connectivity index (χ2v) is 7.51. The normalized spacial score (nSPS) is 27.6. The minimum absolute atomic E-state index is 0.136. The minimum Gasteiger partial charge on any atom is -0.382 e. The molecular formula is C15H25N2O9P. The van der Waals surface area contributed by atoms with E-state index >= 15 is 0 Å². The molecule has 2 unspecified atom stereocenters. The fraction of sp³-hybridized carbons (Fsp3) is 0.733. The van der Waals surface area contributed by atoms with Crippen LogP contribution in [-0.4, -0.2) is 60.2 Å². The number of phosphoric acid groups is 1. The highest BCUT2D eigenvalue weighted by atomic mass is 31.2. The van der Waals surface area contributed by atoms with E-state index in [1.165, 1.54) is 17.9 Å². The lowest BCUT2D eigenvalue weighted by Crippen LogP contribution is -2.41. The summed E-state index contributed by atoms with van der Waals surface area (Å²) in [5.74, 6) is 0. The molecule has 2 N–H and O–H groups in total. The van der Waals surface area contributed by atoms with Gasteiger partial charge >= 0.3 is 13.5 Å². The Kier molecular flexibility index (Phi) is 7.52. The molecule has 0 amide bonds. The highest BCUT2D eigenvalue weighted by Crippen LogP contribution is 2.48. The molecule has 0 bridgehead atoms. The highest BCUT2D eigenvalue weighted by molar-refractivity contribution is 7.47. The molecule has 27 heavy (non-hydrogen) atoms. The molecule has 1 aromatic heterocycles. The van der Waals surface area contributed by atoms with Crippen molar-refractivity contribution in [1.82, 2.24) is 9.55 Å². The van der Waals surface area contributed by atoms with E-state index < -0.39 is 43.6 Å². The number of rotatable bonds is 9. The van der Waals surface area contributed by atoms with Crippen LogP contribution in [0, 0.1) is 6.92 Å². The van der Waals surface area contributed by atoms with E-state index in [1.807, 2.05) is 0 Å². The topological polar surface area (TPSA) is 138 Å². The molecule has 11 nitrogen and oxygen atoms in total. The second kappa shape index (κ2) is 9.24. The van der Waals surface area contributed by atoms with Crippen molar-refractivity contribution in [2.75, 3.05) is 27.4 Å². The average molecular weight is 408 g/mol. The van der Waals surface area contributed by atoms with Gasteiger partial charge in [0.05, 0.1) is 19.3 Å². The summed E-state index contributed by atoms with van der Waals surface area (Å²) in [5, 5.41) is 0. The summed E-state index contributed by atoms with van der Waals surface area (Å²) < 4.78 is 39.5. The Morgan fingerprint density at radius 3 is 2.59 bits per heavy atom. The predicted octanol–water partition coefficient (Wildman–Crippen LogP) is 0.316. The molecule has 2 rings (SSSR count). The fourth-order valence-electron chi connectivity index (χ4n) is 2.80. The number of nitrogens with zero attached hydrogens (tertiary/aromatic N) is 1. The van der Waals surface area contributed by atoms with E-state index in [0.29, 0.717) is 12.0 Å². The number of ether oxygens (including phenoxy) is 3. The zero-order chi connectivity index (χ0) is 20.2. The monoisotopic (exact) mass is 408 g/mol. The molecule has 1 saturated heterocycles. The van der Waals surface area contributed by atoms with Crippen LogP contribution in [0.3, 0.4) is 0 Å². The maximum Gasteiger partial charge on any atom is 0.472 e. The number of phosphoric ester groups is 1. The molecule has 0 saturated carbocycles. The van der Waals surface area contributed by atoms with Crippen LogP contribution in [0.4, 0.5) is 0 Å². The van der Waals surface area contributed by atoms with E-state index in [1.54, 1.807) is 13.8 Å². The van der Waals surface area contributed by atoms with Gasteiger partial charge in [-0.15, -0.1) is 0 Å².